The van der Waals surface area contributed by atoms with Gasteiger partial charge in [0.1, 0.15) is 0 Å². The van der Waals surface area contributed by atoms with E-state index in [1.807, 2.05) is 35.7 Å². The summed E-state index contributed by atoms with van der Waals surface area (Å²) in [6.45, 7) is 4.17. The van der Waals surface area contributed by atoms with Crippen LogP contribution in [0.4, 0.5) is 0 Å². The third kappa shape index (κ3) is 4.00. The van der Waals surface area contributed by atoms with E-state index in [0.717, 1.165) is 25.1 Å². The van der Waals surface area contributed by atoms with Crippen LogP contribution in [0.15, 0.2) is 24.3 Å². The van der Waals surface area contributed by atoms with Crippen molar-refractivity contribution in [3.05, 3.63) is 35.4 Å². The Hall–Kier alpha value is -0.650. The highest BCUT2D eigenvalue weighted by molar-refractivity contribution is 8.16. The lowest BCUT2D eigenvalue weighted by atomic mass is 9.95. The maximum absolute atomic E-state index is 12.4. The molecule has 2 unspecified atom stereocenters. The Bertz CT molecular complexity index is 500. The zero-order chi connectivity index (χ0) is 15.4. The fraction of sp³-hybridized carbons (Fsp3) is 0.588. The van der Waals surface area contributed by atoms with E-state index >= 15 is 0 Å². The second kappa shape index (κ2) is 7.75. The van der Waals surface area contributed by atoms with Gasteiger partial charge in [0.2, 0.25) is 0 Å². The molecule has 120 valence electrons. The van der Waals surface area contributed by atoms with E-state index in [4.69, 9.17) is 0 Å². The molecule has 5 heteroatoms. The lowest BCUT2D eigenvalue weighted by molar-refractivity contribution is 0.0914. The third-order valence-corrected chi connectivity index (χ3v) is 7.39. The van der Waals surface area contributed by atoms with Crippen LogP contribution in [-0.2, 0) is 0 Å². The Kier molecular flexibility index (Phi) is 5.71. The zero-order valence-electron chi connectivity index (χ0n) is 13.0. The van der Waals surface area contributed by atoms with Crippen molar-refractivity contribution >= 4 is 29.4 Å². The maximum Gasteiger partial charge on any atom is 0.251 e. The van der Waals surface area contributed by atoms with Crippen molar-refractivity contribution in [1.82, 2.24) is 10.6 Å². The highest BCUT2D eigenvalue weighted by Crippen LogP contribution is 2.43. The van der Waals surface area contributed by atoms with Crippen LogP contribution in [0.3, 0.4) is 0 Å². The van der Waals surface area contributed by atoms with Crippen molar-refractivity contribution in [2.75, 3.05) is 24.6 Å². The van der Waals surface area contributed by atoms with Gasteiger partial charge < -0.3 is 10.6 Å². The number of thioether (sulfide) groups is 2. The van der Waals surface area contributed by atoms with E-state index in [9.17, 15) is 4.79 Å². The van der Waals surface area contributed by atoms with Gasteiger partial charge in [0.15, 0.2) is 0 Å². The van der Waals surface area contributed by atoms with Gasteiger partial charge in [-0.05, 0) is 61.1 Å². The van der Waals surface area contributed by atoms with Crippen LogP contribution >= 0.6 is 23.5 Å². The Morgan fingerprint density at radius 3 is 2.64 bits per heavy atom. The van der Waals surface area contributed by atoms with Gasteiger partial charge in [-0.25, -0.2) is 0 Å². The molecule has 0 saturated carbocycles. The van der Waals surface area contributed by atoms with E-state index in [0.29, 0.717) is 10.5 Å². The maximum atomic E-state index is 12.4. The van der Waals surface area contributed by atoms with Crippen LogP contribution in [0.2, 0.25) is 0 Å². The Morgan fingerprint density at radius 2 is 1.95 bits per heavy atom. The van der Waals surface area contributed by atoms with E-state index in [-0.39, 0.29) is 11.9 Å². The number of nitrogens with one attached hydrogen (secondary N) is 2. The molecule has 2 aliphatic heterocycles. The summed E-state index contributed by atoms with van der Waals surface area (Å²) in [5.74, 6) is 3.04. The molecule has 0 spiro atoms. The van der Waals surface area contributed by atoms with Crippen LogP contribution in [0, 0.1) is 5.92 Å². The lowest BCUT2D eigenvalue weighted by Gasteiger charge is -2.30. The van der Waals surface area contributed by atoms with Crippen LogP contribution in [-0.4, -0.2) is 36.5 Å². The molecule has 1 aromatic rings. The summed E-state index contributed by atoms with van der Waals surface area (Å²) in [5.41, 5.74) is 2.11. The molecule has 2 N–H and O–H groups in total. The predicted octanol–water partition coefficient (Wildman–Crippen LogP) is 3.28. The van der Waals surface area contributed by atoms with Crippen molar-refractivity contribution in [3.8, 4) is 0 Å². The third-order valence-electron chi connectivity index (χ3n) is 4.37. The standard InChI is InChI=1S/C17H24N2OS2/c1-12-11-18-8-7-15(12)19-16(20)13-3-5-14(6-4-13)17-21-9-2-10-22-17/h3-6,12,15,17-18H,2,7-11H2,1H3,(H,19,20). The molecule has 2 atom stereocenters. The highest BCUT2D eigenvalue weighted by Gasteiger charge is 2.23. The SMILES string of the molecule is CC1CNCCC1NC(=O)c1ccc(C2SCCCS2)cc1. The smallest absolute Gasteiger partial charge is 0.251 e. The molecule has 0 radical (unpaired) electrons. The number of hydrogen-bond donors (Lipinski definition) is 2. The van der Waals surface area contributed by atoms with E-state index in [1.165, 1.54) is 23.5 Å². The summed E-state index contributed by atoms with van der Waals surface area (Å²) < 4.78 is 0.537. The normalized spacial score (nSPS) is 26.6. The molecule has 2 fully saturated rings. The first kappa shape index (κ1) is 16.2. The molecule has 2 aliphatic rings. The van der Waals surface area contributed by atoms with Crippen molar-refractivity contribution in [3.63, 3.8) is 0 Å². The van der Waals surface area contributed by atoms with Gasteiger partial charge in [-0.2, -0.15) is 0 Å². The van der Waals surface area contributed by atoms with Crippen molar-refractivity contribution in [2.24, 2.45) is 5.92 Å². The van der Waals surface area contributed by atoms with Gasteiger partial charge in [-0.1, -0.05) is 19.1 Å². The number of benzene rings is 1. The lowest BCUT2D eigenvalue weighted by Crippen LogP contribution is -2.48. The molecular weight excluding hydrogens is 312 g/mol. The number of hydrogen-bond acceptors (Lipinski definition) is 4. The largest absolute Gasteiger partial charge is 0.349 e. The van der Waals surface area contributed by atoms with Gasteiger partial charge in [0.05, 0.1) is 4.58 Å². The highest BCUT2D eigenvalue weighted by atomic mass is 32.2. The average molecular weight is 337 g/mol. The van der Waals surface area contributed by atoms with Gasteiger partial charge in [0.25, 0.3) is 5.91 Å². The first-order chi connectivity index (χ1) is 10.7. The number of piperidine rings is 1. The minimum absolute atomic E-state index is 0.0641. The van der Waals surface area contributed by atoms with Crippen LogP contribution in [0.5, 0.6) is 0 Å². The minimum atomic E-state index is 0.0641. The topological polar surface area (TPSA) is 41.1 Å². The summed E-state index contributed by atoms with van der Waals surface area (Å²) in [4.78, 5) is 12.4. The van der Waals surface area contributed by atoms with E-state index in [1.54, 1.807) is 0 Å². The summed E-state index contributed by atoms with van der Waals surface area (Å²) in [7, 11) is 0. The summed E-state index contributed by atoms with van der Waals surface area (Å²) in [6, 6.07) is 8.49. The quantitative estimate of drug-likeness (QED) is 0.889. The van der Waals surface area contributed by atoms with Gasteiger partial charge >= 0.3 is 0 Å². The molecule has 0 bridgehead atoms. The Morgan fingerprint density at radius 1 is 1.23 bits per heavy atom. The number of carbonyl (C=O) groups is 1. The number of amides is 1. The molecule has 2 saturated heterocycles. The van der Waals surface area contributed by atoms with Crippen molar-refractivity contribution < 1.29 is 4.79 Å². The molecule has 0 aromatic heterocycles. The predicted molar refractivity (Wildman–Crippen MR) is 96.6 cm³/mol. The van der Waals surface area contributed by atoms with E-state index in [2.05, 4.69) is 29.7 Å². The molecule has 0 aliphatic carbocycles. The van der Waals surface area contributed by atoms with Crippen LogP contribution in [0.1, 0.15) is 40.3 Å². The van der Waals surface area contributed by atoms with E-state index < -0.39 is 0 Å². The molecule has 1 amide bonds. The van der Waals surface area contributed by atoms with Crippen LogP contribution in [0.25, 0.3) is 0 Å². The summed E-state index contributed by atoms with van der Waals surface area (Å²) in [6.07, 6.45) is 2.32. The second-order valence-electron chi connectivity index (χ2n) is 6.10. The molecule has 1 aromatic carbocycles. The van der Waals surface area contributed by atoms with Crippen molar-refractivity contribution in [1.29, 1.82) is 0 Å². The van der Waals surface area contributed by atoms with Crippen LogP contribution < -0.4 is 10.6 Å². The molecule has 3 nitrogen and oxygen atoms in total. The average Bonchev–Trinajstić information content (AvgIpc) is 2.58. The van der Waals surface area contributed by atoms with Gasteiger partial charge in [-0.15, -0.1) is 23.5 Å². The fourth-order valence-corrected chi connectivity index (χ4v) is 5.85. The zero-order valence-corrected chi connectivity index (χ0v) is 14.6. The first-order valence-electron chi connectivity index (χ1n) is 8.09. The summed E-state index contributed by atoms with van der Waals surface area (Å²) in [5, 5.41) is 6.56. The van der Waals surface area contributed by atoms with Gasteiger partial charge in [0, 0.05) is 11.6 Å². The molecule has 22 heavy (non-hydrogen) atoms. The van der Waals surface area contributed by atoms with Crippen molar-refractivity contribution in [2.45, 2.75) is 30.4 Å². The van der Waals surface area contributed by atoms with Gasteiger partial charge in [-0.3, -0.25) is 4.79 Å². The monoisotopic (exact) mass is 336 g/mol. The number of carbonyl (C=O) groups excluding carboxylic acids is 1. The minimum Gasteiger partial charge on any atom is -0.349 e. The molecular formula is C17H24N2OS2. The molecule has 3 rings (SSSR count). The summed E-state index contributed by atoms with van der Waals surface area (Å²) >= 11 is 4.03. The first-order valence-corrected chi connectivity index (χ1v) is 10.2. The Balaban J connectivity index is 1.60. The second-order valence-corrected chi connectivity index (χ2v) is 8.82. The number of rotatable bonds is 3. The Labute approximate surface area is 141 Å². The fourth-order valence-electron chi connectivity index (χ4n) is 2.95. The molecule has 2 heterocycles.